The van der Waals surface area contributed by atoms with Crippen molar-refractivity contribution in [3.05, 3.63) is 127 Å². The summed E-state index contributed by atoms with van der Waals surface area (Å²) in [6.07, 6.45) is 0. The fourth-order valence-electron chi connectivity index (χ4n) is 4.15. The molecule has 0 N–H and O–H groups in total. The van der Waals surface area contributed by atoms with E-state index in [-0.39, 0.29) is 0 Å². The number of benzene rings is 5. The first-order chi connectivity index (χ1) is 16.9. The minimum Gasteiger partial charge on any atom is -0.390 e. The Labute approximate surface area is 198 Å². The highest BCUT2D eigenvalue weighted by molar-refractivity contribution is 7.32. The number of fused-ring (bicyclic) bond motifs is 3. The van der Waals surface area contributed by atoms with E-state index in [1.54, 1.807) is 0 Å². The molecule has 6 aromatic rings. The van der Waals surface area contributed by atoms with Gasteiger partial charge in [0, 0.05) is 21.9 Å². The van der Waals surface area contributed by atoms with E-state index in [1.807, 2.05) is 84.9 Å². The number of hydrogen-bond acceptors (Lipinski definition) is 3. The molecule has 0 saturated carbocycles. The summed E-state index contributed by atoms with van der Waals surface area (Å²) in [7, 11) is -1.76. The average molecular weight is 460 g/mol. The molecule has 0 spiro atoms. The highest BCUT2D eigenvalue weighted by Gasteiger charge is 2.17. The van der Waals surface area contributed by atoms with E-state index in [1.165, 1.54) is 0 Å². The largest absolute Gasteiger partial charge is 0.453 e. The zero-order valence-corrected chi connectivity index (χ0v) is 19.2. The minimum absolute atomic E-state index is 0.739. The Morgan fingerprint density at radius 2 is 0.882 bits per heavy atom. The molecule has 4 heteroatoms. The average Bonchev–Trinajstić information content (AvgIpc) is 3.06. The Morgan fingerprint density at radius 3 is 1.38 bits per heavy atom. The molecule has 0 saturated heterocycles. The van der Waals surface area contributed by atoms with Crippen LogP contribution in [0.4, 0.5) is 0 Å². The lowest BCUT2D eigenvalue weighted by atomic mass is 9.97. The summed E-state index contributed by atoms with van der Waals surface area (Å²) in [4.78, 5) is 0. The summed E-state index contributed by atoms with van der Waals surface area (Å²) in [6, 6.07) is 42.7. The summed E-state index contributed by atoms with van der Waals surface area (Å²) < 4.78 is 19.3. The highest BCUT2D eigenvalue weighted by atomic mass is 31.1. The SMILES string of the molecule is c1ccc(-c2cccc(-c3ccccc3)c2Op2oc3ccccc3c3ccccc3o2)cc1. The molecule has 3 nitrogen and oxygen atoms in total. The maximum Gasteiger partial charge on any atom is 0.453 e. The van der Waals surface area contributed by atoms with Gasteiger partial charge in [-0.1, -0.05) is 115 Å². The Morgan fingerprint density at radius 1 is 0.441 bits per heavy atom. The zero-order valence-electron chi connectivity index (χ0n) is 18.3. The van der Waals surface area contributed by atoms with Gasteiger partial charge in [0.05, 0.1) is 0 Å². The molecule has 0 aliphatic heterocycles. The second kappa shape index (κ2) is 8.97. The summed E-state index contributed by atoms with van der Waals surface area (Å²) in [5.41, 5.74) is 5.61. The van der Waals surface area contributed by atoms with Gasteiger partial charge in [0.25, 0.3) is 0 Å². The predicted molar refractivity (Wildman–Crippen MR) is 140 cm³/mol. The van der Waals surface area contributed by atoms with Crippen LogP contribution in [0.3, 0.4) is 0 Å². The van der Waals surface area contributed by atoms with Crippen molar-refractivity contribution in [3.63, 3.8) is 0 Å². The summed E-state index contributed by atoms with van der Waals surface area (Å²) in [6.45, 7) is 0. The van der Waals surface area contributed by atoms with E-state index in [9.17, 15) is 0 Å². The van der Waals surface area contributed by atoms with Gasteiger partial charge in [-0.3, -0.25) is 0 Å². The molecule has 0 amide bonds. The Bertz CT molecular complexity index is 1510. The molecule has 0 bridgehead atoms. The van der Waals surface area contributed by atoms with E-state index < -0.39 is 8.24 Å². The Hall–Kier alpha value is -4.20. The molecule has 0 aliphatic rings. The molecule has 6 rings (SSSR count). The van der Waals surface area contributed by atoms with Crippen LogP contribution in [-0.4, -0.2) is 0 Å². The lowest BCUT2D eigenvalue weighted by Gasteiger charge is -2.14. The Kier molecular flexibility index (Phi) is 5.39. The first-order valence-corrected chi connectivity index (χ1v) is 12.2. The molecule has 0 aliphatic carbocycles. The van der Waals surface area contributed by atoms with Crippen LogP contribution in [-0.2, 0) is 0 Å². The maximum atomic E-state index is 6.64. The standard InChI is InChI=1S/C30H21O3P/c1-3-12-22(13-4-1)24-18-11-19-25(23-14-5-2-6-15-23)30(24)33-34-31-28-20-9-7-16-26(28)27-17-8-10-21-29(27)32-34/h1-21H. The second-order valence-corrected chi connectivity index (χ2v) is 8.90. The molecule has 1 aromatic heterocycles. The van der Waals surface area contributed by atoms with Crippen molar-refractivity contribution in [2.45, 2.75) is 0 Å². The zero-order chi connectivity index (χ0) is 22.7. The van der Waals surface area contributed by atoms with Crippen LogP contribution in [0.25, 0.3) is 44.2 Å². The lowest BCUT2D eigenvalue weighted by Crippen LogP contribution is -1.90. The maximum absolute atomic E-state index is 6.64. The van der Waals surface area contributed by atoms with E-state index in [0.717, 1.165) is 49.9 Å². The van der Waals surface area contributed by atoms with E-state index >= 15 is 0 Å². The second-order valence-electron chi connectivity index (χ2n) is 7.90. The minimum atomic E-state index is -1.76. The van der Waals surface area contributed by atoms with Gasteiger partial charge in [0.15, 0.2) is 5.75 Å². The highest BCUT2D eigenvalue weighted by Crippen LogP contribution is 2.45. The number of rotatable bonds is 4. The van der Waals surface area contributed by atoms with Crippen LogP contribution in [0, 0.1) is 0 Å². The van der Waals surface area contributed by atoms with Crippen molar-refractivity contribution in [3.8, 4) is 28.0 Å². The molecular weight excluding hydrogens is 439 g/mol. The van der Waals surface area contributed by atoms with E-state index in [4.69, 9.17) is 12.9 Å². The van der Waals surface area contributed by atoms with Crippen molar-refractivity contribution in [2.75, 3.05) is 0 Å². The van der Waals surface area contributed by atoms with Crippen molar-refractivity contribution < 1.29 is 12.9 Å². The summed E-state index contributed by atoms with van der Waals surface area (Å²) >= 11 is 0. The van der Waals surface area contributed by atoms with Gasteiger partial charge in [-0.15, -0.1) is 0 Å². The molecule has 0 fully saturated rings. The van der Waals surface area contributed by atoms with E-state index in [2.05, 4.69) is 42.5 Å². The van der Waals surface area contributed by atoms with Gasteiger partial charge in [0.1, 0.15) is 11.2 Å². The first-order valence-electron chi connectivity index (χ1n) is 11.1. The number of para-hydroxylation sites is 3. The Balaban J connectivity index is 1.61. The van der Waals surface area contributed by atoms with Crippen LogP contribution in [0.2, 0.25) is 0 Å². The van der Waals surface area contributed by atoms with Crippen LogP contribution in [0.15, 0.2) is 136 Å². The fraction of sp³-hybridized carbons (Fsp3) is 0. The predicted octanol–water partition coefficient (Wildman–Crippen LogP) is 9.47. The molecule has 0 radical (unpaired) electrons. The van der Waals surface area contributed by atoms with Crippen molar-refractivity contribution in [2.24, 2.45) is 0 Å². The lowest BCUT2D eigenvalue weighted by molar-refractivity contribution is 0.500. The molecular formula is C30H21O3P. The topological polar surface area (TPSA) is 35.5 Å². The van der Waals surface area contributed by atoms with Crippen LogP contribution < -0.4 is 4.52 Å². The van der Waals surface area contributed by atoms with Crippen LogP contribution in [0.5, 0.6) is 5.75 Å². The van der Waals surface area contributed by atoms with Gasteiger partial charge in [-0.2, -0.15) is 0 Å². The molecule has 1 heterocycles. The molecule has 164 valence electrons. The van der Waals surface area contributed by atoms with Crippen molar-refractivity contribution >= 4 is 30.2 Å². The smallest absolute Gasteiger partial charge is 0.390 e. The normalized spacial score (nSPS) is 10.9. The molecule has 34 heavy (non-hydrogen) atoms. The van der Waals surface area contributed by atoms with Gasteiger partial charge < -0.3 is 12.9 Å². The summed E-state index contributed by atoms with van der Waals surface area (Å²) in [5.74, 6) is 0.739. The number of hydrogen-bond donors (Lipinski definition) is 0. The van der Waals surface area contributed by atoms with Gasteiger partial charge in [0.2, 0.25) is 0 Å². The van der Waals surface area contributed by atoms with E-state index in [0.29, 0.717) is 0 Å². The fourth-order valence-corrected chi connectivity index (χ4v) is 5.25. The van der Waals surface area contributed by atoms with Crippen molar-refractivity contribution in [1.82, 2.24) is 0 Å². The third-order valence-corrected chi connectivity index (χ3v) is 6.78. The van der Waals surface area contributed by atoms with Crippen molar-refractivity contribution in [1.29, 1.82) is 0 Å². The monoisotopic (exact) mass is 460 g/mol. The third kappa shape index (κ3) is 3.87. The molecule has 0 atom stereocenters. The molecule has 5 aromatic carbocycles. The van der Waals surface area contributed by atoms with Gasteiger partial charge in [-0.25, -0.2) is 0 Å². The molecule has 0 unspecified atom stereocenters. The third-order valence-electron chi connectivity index (χ3n) is 5.76. The quantitative estimate of drug-likeness (QED) is 0.263. The van der Waals surface area contributed by atoms with Crippen LogP contribution >= 0.6 is 8.24 Å². The summed E-state index contributed by atoms with van der Waals surface area (Å²) in [5, 5.41) is 1.98. The van der Waals surface area contributed by atoms with Gasteiger partial charge >= 0.3 is 8.24 Å². The first kappa shape index (κ1) is 20.4. The van der Waals surface area contributed by atoms with Gasteiger partial charge in [-0.05, 0) is 23.3 Å². The van der Waals surface area contributed by atoms with Crippen LogP contribution in [0.1, 0.15) is 0 Å².